The number of rotatable bonds is 4. The molecule has 4 heteroatoms. The molecule has 0 saturated carbocycles. The molecule has 1 rings (SSSR count). The minimum atomic E-state index is -2.35. The van der Waals surface area contributed by atoms with Crippen molar-refractivity contribution in [2.75, 3.05) is 6.61 Å². The molecule has 0 radical (unpaired) electrons. The lowest BCUT2D eigenvalue weighted by atomic mass is 10.1. The Balaban J connectivity index is 2.53. The molecule has 0 aliphatic heterocycles. The summed E-state index contributed by atoms with van der Waals surface area (Å²) in [5.41, 5.74) is -2.35. The second kappa shape index (κ2) is 4.09. The van der Waals surface area contributed by atoms with Gasteiger partial charge in [-0.3, -0.25) is 0 Å². The van der Waals surface area contributed by atoms with E-state index in [1.165, 1.54) is 0 Å². The fraction of sp³-hybridized carbons (Fsp3) is 0.300. The lowest BCUT2D eigenvalue weighted by Gasteiger charge is -2.15. The fourth-order valence-corrected chi connectivity index (χ4v) is 0.797. The average Bonchev–Trinajstić information content (AvgIpc) is 2.16. The molecule has 1 aromatic rings. The van der Waals surface area contributed by atoms with Crippen molar-refractivity contribution in [1.82, 2.24) is 0 Å². The van der Waals surface area contributed by atoms with Crippen LogP contribution in [0.5, 0.6) is 5.75 Å². The molecule has 1 unspecified atom stereocenters. The molecule has 0 spiro atoms. The van der Waals surface area contributed by atoms with E-state index < -0.39 is 18.2 Å². The molecule has 0 aliphatic carbocycles. The SMILES string of the molecule is CC(F)(COc1ccccc1)C(=O)O. The molecule has 0 saturated heterocycles. The maximum absolute atomic E-state index is 13.2. The fourth-order valence-electron chi connectivity index (χ4n) is 0.797. The third-order valence-electron chi connectivity index (χ3n) is 1.70. The van der Waals surface area contributed by atoms with Crippen molar-refractivity contribution in [2.24, 2.45) is 0 Å². The normalized spacial score (nSPS) is 14.4. The van der Waals surface area contributed by atoms with Gasteiger partial charge < -0.3 is 9.84 Å². The van der Waals surface area contributed by atoms with Crippen molar-refractivity contribution in [3.63, 3.8) is 0 Å². The summed E-state index contributed by atoms with van der Waals surface area (Å²) in [6, 6.07) is 8.52. The number of benzene rings is 1. The van der Waals surface area contributed by atoms with Crippen LogP contribution in [0.15, 0.2) is 30.3 Å². The second-order valence-corrected chi connectivity index (χ2v) is 3.10. The van der Waals surface area contributed by atoms with Crippen LogP contribution in [0, 0.1) is 0 Å². The Hall–Kier alpha value is -1.58. The predicted octanol–water partition coefficient (Wildman–Crippen LogP) is 1.88. The Morgan fingerprint density at radius 3 is 2.57 bits per heavy atom. The van der Waals surface area contributed by atoms with E-state index in [9.17, 15) is 9.18 Å². The van der Waals surface area contributed by atoms with Crippen LogP contribution in [0.2, 0.25) is 0 Å². The Labute approximate surface area is 81.1 Å². The largest absolute Gasteiger partial charge is 0.490 e. The molecule has 0 fully saturated rings. The number of alkyl halides is 1. The summed E-state index contributed by atoms with van der Waals surface area (Å²) >= 11 is 0. The Kier molecular flexibility index (Phi) is 3.06. The zero-order valence-corrected chi connectivity index (χ0v) is 7.74. The highest BCUT2D eigenvalue weighted by molar-refractivity contribution is 5.76. The lowest BCUT2D eigenvalue weighted by molar-refractivity contribution is -0.151. The van der Waals surface area contributed by atoms with Gasteiger partial charge in [0.15, 0.2) is 0 Å². The number of carbonyl (C=O) groups is 1. The average molecular weight is 198 g/mol. The molecule has 0 bridgehead atoms. The summed E-state index contributed by atoms with van der Waals surface area (Å²) in [5, 5.41) is 8.46. The summed E-state index contributed by atoms with van der Waals surface area (Å²) in [6.45, 7) is 0.477. The van der Waals surface area contributed by atoms with E-state index in [-0.39, 0.29) is 0 Å². The van der Waals surface area contributed by atoms with E-state index in [0.29, 0.717) is 5.75 Å². The second-order valence-electron chi connectivity index (χ2n) is 3.10. The van der Waals surface area contributed by atoms with Crippen LogP contribution < -0.4 is 4.74 Å². The third-order valence-corrected chi connectivity index (χ3v) is 1.70. The van der Waals surface area contributed by atoms with Crippen molar-refractivity contribution in [3.05, 3.63) is 30.3 Å². The number of hydrogen-bond acceptors (Lipinski definition) is 2. The zero-order valence-electron chi connectivity index (χ0n) is 7.74. The summed E-state index contributed by atoms with van der Waals surface area (Å²) in [7, 11) is 0. The van der Waals surface area contributed by atoms with Gasteiger partial charge in [-0.15, -0.1) is 0 Å². The third kappa shape index (κ3) is 2.73. The molecule has 1 atom stereocenters. The highest BCUT2D eigenvalue weighted by atomic mass is 19.1. The molecule has 1 N–H and O–H groups in total. The van der Waals surface area contributed by atoms with Crippen LogP contribution in [0.3, 0.4) is 0 Å². The number of hydrogen-bond donors (Lipinski definition) is 1. The summed E-state index contributed by atoms with van der Waals surface area (Å²) in [4.78, 5) is 10.4. The first-order valence-electron chi connectivity index (χ1n) is 4.12. The maximum Gasteiger partial charge on any atom is 0.344 e. The summed E-state index contributed by atoms with van der Waals surface area (Å²) < 4.78 is 18.2. The predicted molar refractivity (Wildman–Crippen MR) is 49.1 cm³/mol. The molecule has 14 heavy (non-hydrogen) atoms. The lowest BCUT2D eigenvalue weighted by Crippen LogP contribution is -2.36. The summed E-state index contributed by atoms with van der Waals surface area (Å²) in [6.07, 6.45) is 0. The van der Waals surface area contributed by atoms with Crippen molar-refractivity contribution in [1.29, 1.82) is 0 Å². The van der Waals surface area contributed by atoms with Gasteiger partial charge in [0.25, 0.3) is 0 Å². The van der Waals surface area contributed by atoms with Crippen molar-refractivity contribution in [3.8, 4) is 5.75 Å². The van der Waals surface area contributed by atoms with E-state index in [4.69, 9.17) is 9.84 Å². The van der Waals surface area contributed by atoms with Gasteiger partial charge in [0.05, 0.1) is 0 Å². The highest BCUT2D eigenvalue weighted by Gasteiger charge is 2.33. The van der Waals surface area contributed by atoms with Crippen LogP contribution >= 0.6 is 0 Å². The van der Waals surface area contributed by atoms with Gasteiger partial charge in [0, 0.05) is 0 Å². The van der Waals surface area contributed by atoms with E-state index in [0.717, 1.165) is 6.92 Å². The van der Waals surface area contributed by atoms with Gasteiger partial charge in [-0.25, -0.2) is 9.18 Å². The first kappa shape index (κ1) is 10.5. The maximum atomic E-state index is 13.2. The first-order valence-corrected chi connectivity index (χ1v) is 4.12. The molecular weight excluding hydrogens is 187 g/mol. The molecule has 0 aromatic heterocycles. The van der Waals surface area contributed by atoms with Crippen LogP contribution in [0.25, 0.3) is 0 Å². The quantitative estimate of drug-likeness (QED) is 0.803. The van der Waals surface area contributed by atoms with Crippen molar-refractivity contribution >= 4 is 5.97 Å². The minimum Gasteiger partial charge on any atom is -0.490 e. The molecule has 0 amide bonds. The van der Waals surface area contributed by atoms with Crippen LogP contribution in [0.1, 0.15) is 6.92 Å². The van der Waals surface area contributed by atoms with Gasteiger partial charge in [-0.2, -0.15) is 0 Å². The Bertz CT molecular complexity index is 308. The topological polar surface area (TPSA) is 46.5 Å². The van der Waals surface area contributed by atoms with Gasteiger partial charge in [-0.05, 0) is 19.1 Å². The zero-order chi connectivity index (χ0) is 10.6. The van der Waals surface area contributed by atoms with Gasteiger partial charge in [-0.1, -0.05) is 18.2 Å². The molecule has 1 aromatic carbocycles. The van der Waals surface area contributed by atoms with Gasteiger partial charge >= 0.3 is 5.97 Å². The monoisotopic (exact) mass is 198 g/mol. The molecule has 0 heterocycles. The van der Waals surface area contributed by atoms with E-state index >= 15 is 0 Å². The number of halogens is 1. The molecule has 76 valence electrons. The van der Waals surface area contributed by atoms with E-state index in [1.807, 2.05) is 0 Å². The first-order chi connectivity index (χ1) is 6.52. The number of ether oxygens (including phenoxy) is 1. The van der Waals surface area contributed by atoms with Crippen LogP contribution in [-0.4, -0.2) is 23.4 Å². The van der Waals surface area contributed by atoms with Gasteiger partial charge in [0.2, 0.25) is 5.67 Å². The molecule has 0 aliphatic rings. The molecular formula is C10H11FO3. The van der Waals surface area contributed by atoms with E-state index in [1.54, 1.807) is 30.3 Å². The van der Waals surface area contributed by atoms with E-state index in [2.05, 4.69) is 0 Å². The standard InChI is InChI=1S/C10H11FO3/c1-10(11,9(12)13)7-14-8-5-3-2-4-6-8/h2-6H,7H2,1H3,(H,12,13). The Morgan fingerprint density at radius 1 is 1.50 bits per heavy atom. The highest BCUT2D eigenvalue weighted by Crippen LogP contribution is 2.15. The molecule has 3 nitrogen and oxygen atoms in total. The number of para-hydroxylation sites is 1. The minimum absolute atomic E-state index is 0.456. The Morgan fingerprint density at radius 2 is 2.07 bits per heavy atom. The van der Waals surface area contributed by atoms with Crippen LogP contribution in [0.4, 0.5) is 4.39 Å². The van der Waals surface area contributed by atoms with Crippen molar-refractivity contribution < 1.29 is 19.0 Å². The summed E-state index contributed by atoms with van der Waals surface area (Å²) in [5.74, 6) is -1.06. The van der Waals surface area contributed by atoms with Crippen LogP contribution in [-0.2, 0) is 4.79 Å². The number of carboxylic acids is 1. The van der Waals surface area contributed by atoms with Gasteiger partial charge in [0.1, 0.15) is 12.4 Å². The number of carboxylic acid groups (broad SMARTS) is 1. The van der Waals surface area contributed by atoms with Crippen molar-refractivity contribution in [2.45, 2.75) is 12.6 Å². The smallest absolute Gasteiger partial charge is 0.344 e. The number of aliphatic carboxylic acids is 1.